The van der Waals surface area contributed by atoms with Crippen molar-refractivity contribution in [2.75, 3.05) is 32.8 Å². The molecule has 0 aliphatic carbocycles. The number of hydrogen-bond donors (Lipinski definition) is 1. The number of nitrogens with zero attached hydrogens (tertiary/aromatic N) is 1. The van der Waals surface area contributed by atoms with Crippen molar-refractivity contribution in [3.05, 3.63) is 0 Å². The van der Waals surface area contributed by atoms with Crippen LogP contribution in [0.3, 0.4) is 0 Å². The van der Waals surface area contributed by atoms with Gasteiger partial charge >= 0.3 is 0 Å². The molecule has 2 atom stereocenters. The van der Waals surface area contributed by atoms with Crippen LogP contribution in [0.25, 0.3) is 0 Å². The highest BCUT2D eigenvalue weighted by Gasteiger charge is 2.29. The summed E-state index contributed by atoms with van der Waals surface area (Å²) in [7, 11) is 0. The van der Waals surface area contributed by atoms with Crippen LogP contribution >= 0.6 is 0 Å². The number of likely N-dealkylation sites (tertiary alicyclic amines) is 1. The zero-order valence-corrected chi connectivity index (χ0v) is 13.6. The lowest BCUT2D eigenvalue weighted by Crippen LogP contribution is -2.51. The normalized spacial score (nSPS) is 31.2. The number of carbonyl (C=O) groups is 1. The minimum atomic E-state index is 0.0573. The Bertz CT molecular complexity index is 344. The van der Waals surface area contributed by atoms with Crippen LogP contribution in [0.5, 0.6) is 0 Å². The first-order valence-corrected chi connectivity index (χ1v) is 9.08. The average Bonchev–Trinajstić information content (AvgIpc) is 2.61. The van der Waals surface area contributed by atoms with Gasteiger partial charge in [-0.1, -0.05) is 6.42 Å². The highest BCUT2D eigenvalue weighted by molar-refractivity contribution is 5.82. The molecule has 5 nitrogen and oxygen atoms in total. The first-order chi connectivity index (χ1) is 10.8. The van der Waals surface area contributed by atoms with Crippen LogP contribution in [0.1, 0.15) is 51.4 Å². The van der Waals surface area contributed by atoms with Crippen LogP contribution in [0.2, 0.25) is 0 Å². The molecule has 0 bridgehead atoms. The maximum absolute atomic E-state index is 12.5. The van der Waals surface area contributed by atoms with Crippen LogP contribution in [0.4, 0.5) is 0 Å². The molecule has 0 aromatic rings. The molecule has 2 unspecified atom stereocenters. The fourth-order valence-corrected chi connectivity index (χ4v) is 3.71. The van der Waals surface area contributed by atoms with Gasteiger partial charge in [-0.2, -0.15) is 0 Å². The molecule has 1 N–H and O–H groups in total. The van der Waals surface area contributed by atoms with Crippen LogP contribution in [-0.4, -0.2) is 61.9 Å². The van der Waals surface area contributed by atoms with Crippen LogP contribution in [0, 0.1) is 0 Å². The van der Waals surface area contributed by atoms with Gasteiger partial charge in [-0.25, -0.2) is 0 Å². The van der Waals surface area contributed by atoms with Crippen molar-refractivity contribution in [2.24, 2.45) is 0 Å². The predicted octanol–water partition coefficient (Wildman–Crippen LogP) is 1.71. The lowest BCUT2D eigenvalue weighted by molar-refractivity contribution is -0.137. The fraction of sp³-hybridized carbons (Fsp3) is 0.941. The molecule has 3 aliphatic rings. The molecule has 3 heterocycles. The van der Waals surface area contributed by atoms with E-state index in [9.17, 15) is 4.79 Å². The molecule has 3 aliphatic heterocycles. The number of carbonyl (C=O) groups excluding carboxylic acids is 1. The molecule has 0 spiro atoms. The molecular formula is C17H30N2O3. The van der Waals surface area contributed by atoms with Crippen molar-refractivity contribution >= 4 is 5.91 Å². The van der Waals surface area contributed by atoms with E-state index in [2.05, 4.69) is 5.32 Å². The van der Waals surface area contributed by atoms with E-state index in [0.29, 0.717) is 18.1 Å². The molecule has 3 saturated heterocycles. The second kappa shape index (κ2) is 8.27. The molecule has 126 valence electrons. The zero-order chi connectivity index (χ0) is 15.2. The lowest BCUT2D eigenvalue weighted by Gasteiger charge is -2.36. The highest BCUT2D eigenvalue weighted by Crippen LogP contribution is 2.19. The van der Waals surface area contributed by atoms with Crippen molar-refractivity contribution in [2.45, 2.75) is 69.6 Å². The quantitative estimate of drug-likeness (QED) is 0.859. The molecule has 0 saturated carbocycles. The molecule has 5 heteroatoms. The maximum Gasteiger partial charge on any atom is 0.239 e. The average molecular weight is 310 g/mol. The fourth-order valence-electron chi connectivity index (χ4n) is 3.71. The smallest absolute Gasteiger partial charge is 0.239 e. The Balaban J connectivity index is 1.35. The SMILES string of the molecule is O=C(C1CCCCN1)N1CCC(OCC2CCCCO2)CC1. The van der Waals surface area contributed by atoms with Gasteiger partial charge in [0.15, 0.2) is 0 Å². The Morgan fingerprint density at radius 2 is 1.91 bits per heavy atom. The first kappa shape index (κ1) is 16.2. The van der Waals surface area contributed by atoms with E-state index >= 15 is 0 Å². The number of rotatable bonds is 4. The van der Waals surface area contributed by atoms with Crippen molar-refractivity contribution in [3.8, 4) is 0 Å². The van der Waals surface area contributed by atoms with Crippen LogP contribution < -0.4 is 5.32 Å². The van der Waals surface area contributed by atoms with Gasteiger partial charge < -0.3 is 19.7 Å². The molecule has 0 aromatic carbocycles. The Morgan fingerprint density at radius 3 is 2.59 bits per heavy atom. The standard InChI is InChI=1S/C17H30N2O3/c20-17(16-6-1-3-9-18-16)19-10-7-14(8-11-19)22-13-15-5-2-4-12-21-15/h14-16,18H,1-13H2. The summed E-state index contributed by atoms with van der Waals surface area (Å²) in [4.78, 5) is 14.5. The maximum atomic E-state index is 12.5. The van der Waals surface area contributed by atoms with E-state index in [1.165, 1.54) is 25.7 Å². The van der Waals surface area contributed by atoms with Crippen molar-refractivity contribution in [3.63, 3.8) is 0 Å². The van der Waals surface area contributed by atoms with E-state index in [-0.39, 0.29) is 6.04 Å². The van der Waals surface area contributed by atoms with Gasteiger partial charge in [0.1, 0.15) is 0 Å². The number of nitrogens with one attached hydrogen (secondary N) is 1. The summed E-state index contributed by atoms with van der Waals surface area (Å²) in [5.41, 5.74) is 0. The summed E-state index contributed by atoms with van der Waals surface area (Å²) >= 11 is 0. The van der Waals surface area contributed by atoms with Gasteiger partial charge in [-0.15, -0.1) is 0 Å². The summed E-state index contributed by atoms with van der Waals surface area (Å²) in [6.45, 7) is 4.27. The third kappa shape index (κ3) is 4.43. The topological polar surface area (TPSA) is 50.8 Å². The summed E-state index contributed by atoms with van der Waals surface area (Å²) in [6.07, 6.45) is 9.46. The first-order valence-electron chi connectivity index (χ1n) is 9.08. The van der Waals surface area contributed by atoms with Gasteiger partial charge in [0.2, 0.25) is 5.91 Å². The van der Waals surface area contributed by atoms with E-state index < -0.39 is 0 Å². The second-order valence-electron chi connectivity index (χ2n) is 6.85. The van der Waals surface area contributed by atoms with Gasteiger partial charge in [0.25, 0.3) is 0 Å². The minimum absolute atomic E-state index is 0.0573. The third-order valence-electron chi connectivity index (χ3n) is 5.15. The van der Waals surface area contributed by atoms with E-state index in [1.54, 1.807) is 0 Å². The van der Waals surface area contributed by atoms with Crippen molar-refractivity contribution < 1.29 is 14.3 Å². The Morgan fingerprint density at radius 1 is 1.09 bits per heavy atom. The molecule has 3 fully saturated rings. The molecule has 3 rings (SSSR count). The number of piperidine rings is 2. The van der Waals surface area contributed by atoms with E-state index in [1.807, 2.05) is 4.90 Å². The number of amides is 1. The molecular weight excluding hydrogens is 280 g/mol. The molecule has 1 amide bonds. The largest absolute Gasteiger partial charge is 0.376 e. The highest BCUT2D eigenvalue weighted by atomic mass is 16.5. The van der Waals surface area contributed by atoms with E-state index in [4.69, 9.17) is 9.47 Å². The monoisotopic (exact) mass is 310 g/mol. The van der Waals surface area contributed by atoms with Crippen LogP contribution in [0.15, 0.2) is 0 Å². The van der Waals surface area contributed by atoms with Gasteiger partial charge in [0.05, 0.1) is 24.9 Å². The summed E-state index contributed by atoms with van der Waals surface area (Å²) in [5, 5.41) is 3.36. The molecule has 22 heavy (non-hydrogen) atoms. The summed E-state index contributed by atoms with van der Waals surface area (Å²) < 4.78 is 11.7. The minimum Gasteiger partial charge on any atom is -0.376 e. The zero-order valence-electron chi connectivity index (χ0n) is 13.6. The Kier molecular flexibility index (Phi) is 6.10. The molecule has 0 aromatic heterocycles. The van der Waals surface area contributed by atoms with Crippen LogP contribution in [-0.2, 0) is 14.3 Å². The summed E-state index contributed by atoms with van der Waals surface area (Å²) in [6, 6.07) is 0.0573. The second-order valence-corrected chi connectivity index (χ2v) is 6.85. The van der Waals surface area contributed by atoms with Crippen molar-refractivity contribution in [1.82, 2.24) is 10.2 Å². The van der Waals surface area contributed by atoms with Gasteiger partial charge in [0, 0.05) is 19.7 Å². The lowest BCUT2D eigenvalue weighted by atomic mass is 10.0. The van der Waals surface area contributed by atoms with E-state index in [0.717, 1.165) is 58.5 Å². The Labute approximate surface area is 133 Å². The summed E-state index contributed by atoms with van der Waals surface area (Å²) in [5.74, 6) is 0.300. The van der Waals surface area contributed by atoms with Gasteiger partial charge in [-0.3, -0.25) is 4.79 Å². The number of ether oxygens (including phenoxy) is 2. The molecule has 0 radical (unpaired) electrons. The third-order valence-corrected chi connectivity index (χ3v) is 5.15. The predicted molar refractivity (Wildman–Crippen MR) is 84.8 cm³/mol. The Hall–Kier alpha value is -0.650. The van der Waals surface area contributed by atoms with Crippen molar-refractivity contribution in [1.29, 1.82) is 0 Å². The van der Waals surface area contributed by atoms with Gasteiger partial charge in [-0.05, 0) is 51.5 Å². The number of hydrogen-bond acceptors (Lipinski definition) is 4.